The minimum atomic E-state index is -0.963. The lowest BCUT2D eigenvalue weighted by atomic mass is 10.2. The van der Waals surface area contributed by atoms with Crippen molar-refractivity contribution in [3.05, 3.63) is 16.1 Å². The number of hydrogen-bond donors (Lipinski definition) is 3. The maximum atomic E-state index is 11.6. The lowest BCUT2D eigenvalue weighted by molar-refractivity contribution is -0.137. The number of rotatable bonds is 6. The van der Waals surface area contributed by atoms with E-state index in [0.717, 1.165) is 10.7 Å². The average Bonchev–Trinajstić information content (AvgIpc) is 2.75. The van der Waals surface area contributed by atoms with E-state index in [1.54, 1.807) is 6.92 Å². The minimum Gasteiger partial charge on any atom is -0.481 e. The third-order valence-electron chi connectivity index (χ3n) is 2.40. The molecular weight excluding hydrogens is 282 g/mol. The van der Waals surface area contributed by atoms with Crippen molar-refractivity contribution in [1.29, 1.82) is 0 Å². The first kappa shape index (κ1) is 16.1. The number of carboxylic acid groups (broad SMARTS) is 1. The molecule has 0 aliphatic rings. The molecule has 3 amide bonds. The van der Waals surface area contributed by atoms with E-state index in [0.29, 0.717) is 0 Å². The second kappa shape index (κ2) is 7.59. The number of aromatic nitrogens is 1. The van der Waals surface area contributed by atoms with Crippen molar-refractivity contribution in [3.63, 3.8) is 0 Å². The molecule has 7 nitrogen and oxygen atoms in total. The second-order valence-electron chi connectivity index (χ2n) is 4.32. The number of nitrogens with zero attached hydrogens (tertiary/aromatic N) is 1. The molecule has 0 spiro atoms. The molecule has 0 radical (unpaired) electrons. The fraction of sp³-hybridized carbons (Fsp3) is 0.500. The van der Waals surface area contributed by atoms with Gasteiger partial charge in [0.1, 0.15) is 5.01 Å². The standard InChI is InChI=1S/C12H17N3O4S/c1-7-6-20-11(13-7)8(2)14-12(19)15-9(16)4-3-5-10(17)18/h6,8H,3-5H2,1-2H3,(H,17,18)(H2,14,15,16,19). The molecule has 0 aliphatic heterocycles. The van der Waals surface area contributed by atoms with Gasteiger partial charge in [-0.1, -0.05) is 0 Å². The summed E-state index contributed by atoms with van der Waals surface area (Å²) < 4.78 is 0. The first-order valence-electron chi connectivity index (χ1n) is 6.12. The number of carboxylic acids is 1. The molecule has 1 atom stereocenters. The van der Waals surface area contributed by atoms with Crippen molar-refractivity contribution < 1.29 is 19.5 Å². The van der Waals surface area contributed by atoms with Gasteiger partial charge in [0.15, 0.2) is 0 Å². The van der Waals surface area contributed by atoms with E-state index in [-0.39, 0.29) is 25.3 Å². The predicted octanol–water partition coefficient (Wildman–Crippen LogP) is 1.59. The Kier molecular flexibility index (Phi) is 6.10. The largest absolute Gasteiger partial charge is 0.481 e. The van der Waals surface area contributed by atoms with Crippen LogP contribution in [0.25, 0.3) is 0 Å². The molecule has 0 saturated carbocycles. The maximum absolute atomic E-state index is 11.6. The van der Waals surface area contributed by atoms with Crippen LogP contribution < -0.4 is 10.6 Å². The smallest absolute Gasteiger partial charge is 0.321 e. The zero-order valence-corrected chi connectivity index (χ0v) is 12.1. The Morgan fingerprint density at radius 2 is 2.10 bits per heavy atom. The van der Waals surface area contributed by atoms with Gasteiger partial charge >= 0.3 is 12.0 Å². The summed E-state index contributed by atoms with van der Waals surface area (Å²) in [6.45, 7) is 3.63. The summed E-state index contributed by atoms with van der Waals surface area (Å²) in [6.07, 6.45) is 0.115. The number of aryl methyl sites for hydroxylation is 1. The summed E-state index contributed by atoms with van der Waals surface area (Å²) in [5.74, 6) is -1.46. The van der Waals surface area contributed by atoms with Crippen molar-refractivity contribution >= 4 is 29.2 Å². The van der Waals surface area contributed by atoms with Gasteiger partial charge in [-0.05, 0) is 20.3 Å². The van der Waals surface area contributed by atoms with E-state index in [9.17, 15) is 14.4 Å². The van der Waals surface area contributed by atoms with E-state index >= 15 is 0 Å². The van der Waals surface area contributed by atoms with E-state index in [1.165, 1.54) is 11.3 Å². The molecule has 110 valence electrons. The molecule has 1 rings (SSSR count). The third-order valence-corrected chi connectivity index (χ3v) is 3.55. The zero-order valence-electron chi connectivity index (χ0n) is 11.3. The number of urea groups is 1. The fourth-order valence-corrected chi connectivity index (χ4v) is 2.26. The van der Waals surface area contributed by atoms with Gasteiger partial charge in [0, 0.05) is 23.9 Å². The Morgan fingerprint density at radius 1 is 1.40 bits per heavy atom. The normalized spacial score (nSPS) is 11.7. The summed E-state index contributed by atoms with van der Waals surface area (Å²) in [5.41, 5.74) is 0.879. The summed E-state index contributed by atoms with van der Waals surface area (Å²) in [5, 5.41) is 15.8. The third kappa shape index (κ3) is 5.79. The fourth-order valence-electron chi connectivity index (χ4n) is 1.45. The van der Waals surface area contributed by atoms with Crippen LogP contribution in [-0.2, 0) is 9.59 Å². The highest BCUT2D eigenvalue weighted by Crippen LogP contribution is 2.16. The van der Waals surface area contributed by atoms with Gasteiger partial charge in [0.25, 0.3) is 0 Å². The monoisotopic (exact) mass is 299 g/mol. The lowest BCUT2D eigenvalue weighted by Crippen LogP contribution is -2.40. The van der Waals surface area contributed by atoms with Crippen LogP contribution in [0.4, 0.5) is 4.79 Å². The number of thiazole rings is 1. The van der Waals surface area contributed by atoms with Crippen molar-refractivity contribution in [2.24, 2.45) is 0 Å². The first-order valence-corrected chi connectivity index (χ1v) is 7.00. The molecule has 1 unspecified atom stereocenters. The van der Waals surface area contributed by atoms with E-state index in [2.05, 4.69) is 15.6 Å². The van der Waals surface area contributed by atoms with E-state index in [1.807, 2.05) is 12.3 Å². The van der Waals surface area contributed by atoms with Gasteiger partial charge in [-0.3, -0.25) is 14.9 Å². The molecular formula is C12H17N3O4S. The van der Waals surface area contributed by atoms with Gasteiger partial charge in [0.05, 0.1) is 6.04 Å². The number of carbonyl (C=O) groups is 3. The van der Waals surface area contributed by atoms with E-state index < -0.39 is 17.9 Å². The molecule has 0 aliphatic carbocycles. The second-order valence-corrected chi connectivity index (χ2v) is 5.21. The van der Waals surface area contributed by atoms with Crippen LogP contribution in [0.3, 0.4) is 0 Å². The van der Waals surface area contributed by atoms with Crippen LogP contribution in [0.1, 0.15) is 42.9 Å². The minimum absolute atomic E-state index is 0.00443. The Morgan fingerprint density at radius 3 is 2.65 bits per heavy atom. The summed E-state index contributed by atoms with van der Waals surface area (Å²) >= 11 is 1.43. The first-order chi connectivity index (χ1) is 9.38. The van der Waals surface area contributed by atoms with Gasteiger partial charge in [-0.25, -0.2) is 9.78 Å². The SMILES string of the molecule is Cc1csc(C(C)NC(=O)NC(=O)CCCC(=O)O)n1. The van der Waals surface area contributed by atoms with Crippen LogP contribution in [-0.4, -0.2) is 28.0 Å². The molecule has 0 saturated heterocycles. The van der Waals surface area contributed by atoms with Crippen LogP contribution in [0.5, 0.6) is 0 Å². The van der Waals surface area contributed by atoms with Crippen LogP contribution in [0.15, 0.2) is 5.38 Å². The topological polar surface area (TPSA) is 108 Å². The van der Waals surface area contributed by atoms with E-state index in [4.69, 9.17) is 5.11 Å². The summed E-state index contributed by atoms with van der Waals surface area (Å²) in [6, 6.07) is -0.897. The Bertz CT molecular complexity index is 501. The van der Waals surface area contributed by atoms with Crippen molar-refractivity contribution in [2.45, 2.75) is 39.2 Å². The molecule has 1 heterocycles. The Labute approximate surface area is 120 Å². The predicted molar refractivity (Wildman–Crippen MR) is 73.4 cm³/mol. The number of aliphatic carboxylic acids is 1. The number of amides is 3. The zero-order chi connectivity index (χ0) is 15.1. The van der Waals surface area contributed by atoms with Gasteiger partial charge in [-0.2, -0.15) is 0 Å². The summed E-state index contributed by atoms with van der Waals surface area (Å²) in [7, 11) is 0. The van der Waals surface area contributed by atoms with Crippen LogP contribution >= 0.6 is 11.3 Å². The molecule has 1 aromatic rings. The maximum Gasteiger partial charge on any atom is 0.321 e. The molecule has 20 heavy (non-hydrogen) atoms. The molecule has 3 N–H and O–H groups in total. The van der Waals surface area contributed by atoms with Gasteiger partial charge in [-0.15, -0.1) is 11.3 Å². The molecule has 0 fully saturated rings. The molecule has 8 heteroatoms. The Hall–Kier alpha value is -1.96. The van der Waals surface area contributed by atoms with Crippen molar-refractivity contribution in [1.82, 2.24) is 15.6 Å². The van der Waals surface area contributed by atoms with Crippen LogP contribution in [0.2, 0.25) is 0 Å². The lowest BCUT2D eigenvalue weighted by Gasteiger charge is -2.11. The van der Waals surface area contributed by atoms with Gasteiger partial charge < -0.3 is 10.4 Å². The van der Waals surface area contributed by atoms with Crippen LogP contribution in [0, 0.1) is 6.92 Å². The summed E-state index contributed by atoms with van der Waals surface area (Å²) in [4.78, 5) is 37.5. The highest BCUT2D eigenvalue weighted by atomic mass is 32.1. The Balaban J connectivity index is 2.32. The number of hydrogen-bond acceptors (Lipinski definition) is 5. The highest BCUT2D eigenvalue weighted by Gasteiger charge is 2.14. The molecule has 0 bridgehead atoms. The number of imide groups is 1. The quantitative estimate of drug-likeness (QED) is 0.739. The average molecular weight is 299 g/mol. The van der Waals surface area contributed by atoms with Crippen molar-refractivity contribution in [3.8, 4) is 0 Å². The number of nitrogens with one attached hydrogen (secondary N) is 2. The molecule has 0 aromatic carbocycles. The highest BCUT2D eigenvalue weighted by molar-refractivity contribution is 7.09. The molecule has 1 aromatic heterocycles. The van der Waals surface area contributed by atoms with Gasteiger partial charge in [0.2, 0.25) is 5.91 Å². The number of carbonyl (C=O) groups excluding carboxylic acids is 2. The van der Waals surface area contributed by atoms with Crippen molar-refractivity contribution in [2.75, 3.05) is 0 Å².